The first kappa shape index (κ1) is 25.1. The standard InChI is InChI=1S/C25H17BrClF2N5O2S/c26-19-14-31-34-24(12-22(32-25(19)34)18-6-1-2-7-20(18)27)30-13-15-4-3-5-17(10-15)33-37(35,36)23-11-16(28)8-9-21(23)29/h1-12,14,30,33H,13H2. The maximum absolute atomic E-state index is 14.0. The maximum Gasteiger partial charge on any atom is 0.264 e. The average molecular weight is 605 g/mol. The molecule has 2 heterocycles. The Kier molecular flexibility index (Phi) is 6.84. The predicted molar refractivity (Wildman–Crippen MR) is 142 cm³/mol. The Hall–Kier alpha value is -3.54. The van der Waals surface area contributed by atoms with E-state index in [-0.39, 0.29) is 5.69 Å². The largest absolute Gasteiger partial charge is 0.366 e. The van der Waals surface area contributed by atoms with Crippen LogP contribution in [0.1, 0.15) is 5.56 Å². The van der Waals surface area contributed by atoms with E-state index in [0.29, 0.717) is 39.3 Å². The Morgan fingerprint density at radius 1 is 1.00 bits per heavy atom. The Morgan fingerprint density at radius 2 is 1.81 bits per heavy atom. The summed E-state index contributed by atoms with van der Waals surface area (Å²) in [6, 6.07) is 18.0. The van der Waals surface area contributed by atoms with Crippen LogP contribution in [-0.4, -0.2) is 23.0 Å². The SMILES string of the molecule is O=S(=O)(Nc1cccc(CNc2cc(-c3ccccc3Cl)nc3c(Br)cnn23)c1)c1cc(F)ccc1F. The van der Waals surface area contributed by atoms with Crippen molar-refractivity contribution in [1.29, 1.82) is 0 Å². The summed E-state index contributed by atoms with van der Waals surface area (Å²) >= 11 is 9.85. The van der Waals surface area contributed by atoms with Crippen molar-refractivity contribution in [3.63, 3.8) is 0 Å². The van der Waals surface area contributed by atoms with Crippen LogP contribution >= 0.6 is 27.5 Å². The van der Waals surface area contributed by atoms with Gasteiger partial charge in [-0.25, -0.2) is 22.2 Å². The normalized spacial score (nSPS) is 11.6. The van der Waals surface area contributed by atoms with E-state index in [0.717, 1.165) is 23.3 Å². The van der Waals surface area contributed by atoms with Crippen molar-refractivity contribution in [2.45, 2.75) is 11.4 Å². The van der Waals surface area contributed by atoms with E-state index in [1.165, 1.54) is 6.07 Å². The Labute approximate surface area is 224 Å². The minimum Gasteiger partial charge on any atom is -0.366 e. The van der Waals surface area contributed by atoms with E-state index in [1.54, 1.807) is 35.0 Å². The van der Waals surface area contributed by atoms with Gasteiger partial charge < -0.3 is 5.32 Å². The molecule has 0 saturated carbocycles. The van der Waals surface area contributed by atoms with E-state index < -0.39 is 26.6 Å². The number of sulfonamides is 1. The van der Waals surface area contributed by atoms with Crippen LogP contribution in [0.2, 0.25) is 5.02 Å². The summed E-state index contributed by atoms with van der Waals surface area (Å²) in [6.45, 7) is 0.294. The van der Waals surface area contributed by atoms with Crippen LogP contribution in [0.15, 0.2) is 88.4 Å². The molecule has 0 fully saturated rings. The quantitative estimate of drug-likeness (QED) is 0.221. The first-order valence-electron chi connectivity index (χ1n) is 10.8. The van der Waals surface area contributed by atoms with Crippen molar-refractivity contribution >= 4 is 54.7 Å². The average Bonchev–Trinajstić information content (AvgIpc) is 3.25. The fourth-order valence-electron chi connectivity index (χ4n) is 3.70. The fourth-order valence-corrected chi connectivity index (χ4v) is 5.42. The van der Waals surface area contributed by atoms with Gasteiger partial charge in [-0.05, 0) is 57.9 Å². The van der Waals surface area contributed by atoms with Crippen molar-refractivity contribution in [1.82, 2.24) is 14.6 Å². The first-order valence-corrected chi connectivity index (χ1v) is 13.5. The minimum atomic E-state index is -4.34. The van der Waals surface area contributed by atoms with Gasteiger partial charge in [0.15, 0.2) is 5.65 Å². The molecule has 0 radical (unpaired) electrons. The zero-order valence-corrected chi connectivity index (χ0v) is 21.9. The molecule has 3 aromatic carbocycles. The molecule has 188 valence electrons. The molecule has 5 rings (SSSR count). The number of nitrogens with one attached hydrogen (secondary N) is 2. The van der Waals surface area contributed by atoms with E-state index in [2.05, 4.69) is 36.1 Å². The summed E-state index contributed by atoms with van der Waals surface area (Å²) in [5.74, 6) is -1.28. The number of aromatic nitrogens is 3. The summed E-state index contributed by atoms with van der Waals surface area (Å²) in [6.07, 6.45) is 1.63. The van der Waals surface area contributed by atoms with E-state index >= 15 is 0 Å². The molecule has 0 bridgehead atoms. The molecule has 0 atom stereocenters. The third-order valence-electron chi connectivity index (χ3n) is 5.41. The second-order valence-corrected chi connectivity index (χ2v) is 10.9. The lowest BCUT2D eigenvalue weighted by molar-refractivity contribution is 0.555. The number of hydrogen-bond donors (Lipinski definition) is 2. The van der Waals surface area contributed by atoms with E-state index in [9.17, 15) is 17.2 Å². The summed E-state index contributed by atoms with van der Waals surface area (Å²) in [5, 5.41) is 8.20. The van der Waals surface area contributed by atoms with Gasteiger partial charge in [0.25, 0.3) is 10.0 Å². The molecule has 0 aliphatic carbocycles. The monoisotopic (exact) mass is 603 g/mol. The molecule has 0 aliphatic rings. The maximum atomic E-state index is 14.0. The van der Waals surface area contributed by atoms with Crippen molar-refractivity contribution in [3.8, 4) is 11.3 Å². The van der Waals surface area contributed by atoms with Gasteiger partial charge in [-0.2, -0.15) is 9.61 Å². The Balaban J connectivity index is 1.42. The lowest BCUT2D eigenvalue weighted by Crippen LogP contribution is -2.15. The molecule has 0 unspecified atom stereocenters. The topological polar surface area (TPSA) is 88.4 Å². The molecule has 0 spiro atoms. The summed E-state index contributed by atoms with van der Waals surface area (Å²) in [7, 11) is -4.34. The van der Waals surface area contributed by atoms with Crippen LogP contribution in [-0.2, 0) is 16.6 Å². The second-order valence-electron chi connectivity index (χ2n) is 7.97. The molecule has 37 heavy (non-hydrogen) atoms. The summed E-state index contributed by atoms with van der Waals surface area (Å²) < 4.78 is 57.5. The first-order chi connectivity index (χ1) is 17.7. The highest BCUT2D eigenvalue weighted by Crippen LogP contribution is 2.30. The number of anilines is 2. The second kappa shape index (κ2) is 10.1. The van der Waals surface area contributed by atoms with E-state index in [1.807, 2.05) is 24.3 Å². The van der Waals surface area contributed by atoms with Gasteiger partial charge >= 0.3 is 0 Å². The molecule has 7 nitrogen and oxygen atoms in total. The predicted octanol–water partition coefficient (Wildman–Crippen LogP) is 6.50. The number of halogens is 4. The van der Waals surface area contributed by atoms with Gasteiger partial charge in [-0.15, -0.1) is 0 Å². The van der Waals surface area contributed by atoms with Gasteiger partial charge in [-0.3, -0.25) is 4.72 Å². The van der Waals surface area contributed by atoms with Gasteiger partial charge in [0.1, 0.15) is 22.3 Å². The lowest BCUT2D eigenvalue weighted by atomic mass is 10.1. The molecule has 2 aromatic heterocycles. The highest BCUT2D eigenvalue weighted by atomic mass is 79.9. The number of nitrogens with zero attached hydrogens (tertiary/aromatic N) is 3. The summed E-state index contributed by atoms with van der Waals surface area (Å²) in [5.41, 5.74) is 2.89. The molecule has 0 saturated heterocycles. The van der Waals surface area contributed by atoms with Gasteiger partial charge in [0.2, 0.25) is 0 Å². The smallest absolute Gasteiger partial charge is 0.264 e. The van der Waals surface area contributed by atoms with Crippen molar-refractivity contribution < 1.29 is 17.2 Å². The molecule has 5 aromatic rings. The van der Waals surface area contributed by atoms with E-state index in [4.69, 9.17) is 11.6 Å². The van der Waals surface area contributed by atoms with Crippen LogP contribution < -0.4 is 10.0 Å². The third-order valence-corrected chi connectivity index (χ3v) is 7.70. The molecule has 0 aliphatic heterocycles. The summed E-state index contributed by atoms with van der Waals surface area (Å²) in [4.78, 5) is 3.90. The van der Waals surface area contributed by atoms with Gasteiger partial charge in [-0.1, -0.05) is 41.9 Å². The Morgan fingerprint density at radius 3 is 2.62 bits per heavy atom. The van der Waals surface area contributed by atoms with Crippen LogP contribution in [0.25, 0.3) is 16.9 Å². The zero-order valence-electron chi connectivity index (χ0n) is 18.8. The molecule has 0 amide bonds. The van der Waals surface area contributed by atoms with Crippen molar-refractivity contribution in [2.24, 2.45) is 0 Å². The van der Waals surface area contributed by atoms with Crippen LogP contribution in [0.5, 0.6) is 0 Å². The zero-order chi connectivity index (χ0) is 26.2. The minimum absolute atomic E-state index is 0.196. The molecular weight excluding hydrogens is 588 g/mol. The van der Waals surface area contributed by atoms with Crippen LogP contribution in [0.4, 0.5) is 20.3 Å². The lowest BCUT2D eigenvalue weighted by Gasteiger charge is -2.13. The number of benzene rings is 3. The fraction of sp³-hybridized carbons (Fsp3) is 0.0400. The highest BCUT2D eigenvalue weighted by molar-refractivity contribution is 9.10. The molecule has 2 N–H and O–H groups in total. The Bertz CT molecular complexity index is 1750. The number of fused-ring (bicyclic) bond motifs is 1. The third kappa shape index (κ3) is 5.29. The van der Waals surface area contributed by atoms with Gasteiger partial charge in [0, 0.05) is 28.9 Å². The van der Waals surface area contributed by atoms with Crippen molar-refractivity contribution in [3.05, 3.63) is 106 Å². The van der Waals surface area contributed by atoms with Gasteiger partial charge in [0.05, 0.1) is 16.4 Å². The number of hydrogen-bond acceptors (Lipinski definition) is 5. The highest BCUT2D eigenvalue weighted by Gasteiger charge is 2.20. The van der Waals surface area contributed by atoms with Crippen molar-refractivity contribution in [2.75, 3.05) is 10.0 Å². The van der Waals surface area contributed by atoms with Crippen LogP contribution in [0.3, 0.4) is 0 Å². The molecular formula is C25H17BrClF2N5O2S. The molecule has 12 heteroatoms. The number of rotatable bonds is 7. The van der Waals surface area contributed by atoms with Crippen LogP contribution in [0, 0.1) is 11.6 Å².